The molecule has 0 rings (SSSR count). The molecule has 0 saturated heterocycles. The van der Waals surface area contributed by atoms with Crippen LogP contribution in [0.1, 0.15) is 46.5 Å². The molecule has 0 aliphatic rings. The summed E-state index contributed by atoms with van der Waals surface area (Å²) in [5, 5.41) is 0. The standard InChI is InChI=1S/C7H12O2.C6H12O2/c1-3-5-6-9-7(8)4-2;1-3-4-5-8-6(2)7/h4H,2-3,5-6H2,1H3;3-5H2,1-2H3. The zero-order valence-corrected chi connectivity index (χ0v) is 11.2. The van der Waals surface area contributed by atoms with E-state index in [9.17, 15) is 9.59 Å². The molecule has 0 saturated carbocycles. The Morgan fingerprint density at radius 2 is 1.53 bits per heavy atom. The largest absolute Gasteiger partial charge is 0.466 e. The molecule has 0 heterocycles. The van der Waals surface area contributed by atoms with Gasteiger partial charge in [-0.3, -0.25) is 4.79 Å². The summed E-state index contributed by atoms with van der Waals surface area (Å²) in [4.78, 5) is 20.4. The van der Waals surface area contributed by atoms with E-state index in [1.165, 1.54) is 13.0 Å². The molecular weight excluding hydrogens is 220 g/mol. The van der Waals surface area contributed by atoms with E-state index in [0.717, 1.165) is 25.7 Å². The van der Waals surface area contributed by atoms with Crippen LogP contribution in [0.25, 0.3) is 0 Å². The summed E-state index contributed by atoms with van der Waals surface area (Å²) in [5.41, 5.74) is 0. The fourth-order valence-electron chi connectivity index (χ4n) is 0.736. The van der Waals surface area contributed by atoms with Crippen molar-refractivity contribution in [3.8, 4) is 0 Å². The van der Waals surface area contributed by atoms with E-state index in [2.05, 4.69) is 23.0 Å². The molecule has 0 aromatic carbocycles. The minimum Gasteiger partial charge on any atom is -0.466 e. The smallest absolute Gasteiger partial charge is 0.330 e. The van der Waals surface area contributed by atoms with Crippen LogP contribution >= 0.6 is 0 Å². The SMILES string of the molecule is C=CC(=O)OCCCC.CCCCOC(C)=O. The van der Waals surface area contributed by atoms with Gasteiger partial charge < -0.3 is 9.47 Å². The molecule has 4 heteroatoms. The molecule has 0 aliphatic heterocycles. The molecular formula is C13H24O4. The lowest BCUT2D eigenvalue weighted by Crippen LogP contribution is -2.00. The zero-order valence-electron chi connectivity index (χ0n) is 11.2. The van der Waals surface area contributed by atoms with Crippen LogP contribution in [0.4, 0.5) is 0 Å². The molecule has 4 nitrogen and oxygen atoms in total. The van der Waals surface area contributed by atoms with Crippen molar-refractivity contribution < 1.29 is 19.1 Å². The summed E-state index contributed by atoms with van der Waals surface area (Å²) in [7, 11) is 0. The van der Waals surface area contributed by atoms with Crippen LogP contribution in [0.3, 0.4) is 0 Å². The lowest BCUT2D eigenvalue weighted by molar-refractivity contribution is -0.141. The van der Waals surface area contributed by atoms with E-state index in [4.69, 9.17) is 0 Å². The highest BCUT2D eigenvalue weighted by atomic mass is 16.5. The lowest BCUT2D eigenvalue weighted by Gasteiger charge is -1.97. The number of hydrogen-bond donors (Lipinski definition) is 0. The van der Waals surface area contributed by atoms with E-state index in [1.807, 2.05) is 6.92 Å². The monoisotopic (exact) mass is 244 g/mol. The number of carbonyl (C=O) groups is 2. The quantitative estimate of drug-likeness (QED) is 0.392. The van der Waals surface area contributed by atoms with Gasteiger partial charge in [0.2, 0.25) is 0 Å². The van der Waals surface area contributed by atoms with E-state index in [-0.39, 0.29) is 11.9 Å². The Hall–Kier alpha value is -1.32. The summed E-state index contributed by atoms with van der Waals surface area (Å²) < 4.78 is 9.32. The normalized spacial score (nSPS) is 8.65. The fourth-order valence-corrected chi connectivity index (χ4v) is 0.736. The van der Waals surface area contributed by atoms with Crippen molar-refractivity contribution in [3.05, 3.63) is 12.7 Å². The average Bonchev–Trinajstić information content (AvgIpc) is 2.30. The Kier molecular flexibility index (Phi) is 15.6. The topological polar surface area (TPSA) is 52.6 Å². The maximum Gasteiger partial charge on any atom is 0.330 e. The first-order chi connectivity index (χ1) is 8.08. The summed E-state index contributed by atoms with van der Waals surface area (Å²) >= 11 is 0. The van der Waals surface area contributed by atoms with Crippen molar-refractivity contribution in [2.45, 2.75) is 46.5 Å². The van der Waals surface area contributed by atoms with Crippen molar-refractivity contribution in [1.82, 2.24) is 0 Å². The van der Waals surface area contributed by atoms with Gasteiger partial charge in [-0.25, -0.2) is 4.79 Å². The first-order valence-corrected chi connectivity index (χ1v) is 6.00. The minimum atomic E-state index is -0.330. The fraction of sp³-hybridized carbons (Fsp3) is 0.692. The molecule has 0 bridgehead atoms. The first kappa shape index (κ1) is 18.1. The van der Waals surface area contributed by atoms with Crippen LogP contribution in [-0.4, -0.2) is 25.2 Å². The predicted octanol–water partition coefficient (Wildman–Crippen LogP) is 2.87. The van der Waals surface area contributed by atoms with E-state index < -0.39 is 0 Å². The molecule has 0 spiro atoms. The van der Waals surface area contributed by atoms with Gasteiger partial charge in [-0.2, -0.15) is 0 Å². The van der Waals surface area contributed by atoms with Gasteiger partial charge in [0.05, 0.1) is 13.2 Å². The number of unbranched alkanes of at least 4 members (excludes halogenated alkanes) is 2. The van der Waals surface area contributed by atoms with Crippen LogP contribution in [0, 0.1) is 0 Å². The molecule has 0 radical (unpaired) electrons. The number of hydrogen-bond acceptors (Lipinski definition) is 4. The highest BCUT2D eigenvalue weighted by Gasteiger charge is 1.91. The minimum absolute atomic E-state index is 0.182. The molecule has 0 amide bonds. The Balaban J connectivity index is 0. The highest BCUT2D eigenvalue weighted by Crippen LogP contribution is 1.88. The summed E-state index contributed by atoms with van der Waals surface area (Å²) in [6.07, 6.45) is 5.20. The Bertz CT molecular complexity index is 211. The molecule has 0 aromatic heterocycles. The lowest BCUT2D eigenvalue weighted by atomic mass is 10.4. The van der Waals surface area contributed by atoms with Crippen molar-refractivity contribution >= 4 is 11.9 Å². The van der Waals surface area contributed by atoms with Gasteiger partial charge in [0.1, 0.15) is 0 Å². The summed E-state index contributed by atoms with van der Waals surface area (Å²) in [5.74, 6) is -0.512. The van der Waals surface area contributed by atoms with Crippen LogP contribution in [0.15, 0.2) is 12.7 Å². The average molecular weight is 244 g/mol. The highest BCUT2D eigenvalue weighted by molar-refractivity contribution is 5.81. The Morgan fingerprint density at radius 3 is 1.88 bits per heavy atom. The summed E-state index contributed by atoms with van der Waals surface area (Å²) in [6.45, 7) is 9.88. The van der Waals surface area contributed by atoms with Crippen molar-refractivity contribution in [2.75, 3.05) is 13.2 Å². The second-order valence-electron chi connectivity index (χ2n) is 3.42. The maximum atomic E-state index is 10.3. The molecule has 0 aliphatic carbocycles. The second kappa shape index (κ2) is 14.7. The van der Waals surface area contributed by atoms with Crippen LogP contribution in [0.2, 0.25) is 0 Å². The van der Waals surface area contributed by atoms with Crippen molar-refractivity contribution in [2.24, 2.45) is 0 Å². The molecule has 0 N–H and O–H groups in total. The van der Waals surface area contributed by atoms with Gasteiger partial charge in [0, 0.05) is 13.0 Å². The van der Waals surface area contributed by atoms with Crippen LogP contribution < -0.4 is 0 Å². The van der Waals surface area contributed by atoms with Gasteiger partial charge in [-0.05, 0) is 12.8 Å². The third kappa shape index (κ3) is 20.7. The van der Waals surface area contributed by atoms with Gasteiger partial charge in [0.15, 0.2) is 0 Å². The molecule has 100 valence electrons. The Labute approximate surface area is 104 Å². The molecule has 0 fully saturated rings. The van der Waals surface area contributed by atoms with Gasteiger partial charge in [0.25, 0.3) is 0 Å². The molecule has 0 unspecified atom stereocenters. The molecule has 0 atom stereocenters. The molecule has 0 aromatic rings. The van der Waals surface area contributed by atoms with Gasteiger partial charge in [-0.15, -0.1) is 0 Å². The third-order valence-corrected chi connectivity index (χ3v) is 1.71. The first-order valence-electron chi connectivity index (χ1n) is 6.00. The van der Waals surface area contributed by atoms with E-state index >= 15 is 0 Å². The second-order valence-corrected chi connectivity index (χ2v) is 3.42. The van der Waals surface area contributed by atoms with Crippen molar-refractivity contribution in [3.63, 3.8) is 0 Å². The van der Waals surface area contributed by atoms with Gasteiger partial charge in [-0.1, -0.05) is 33.3 Å². The Morgan fingerprint density at radius 1 is 1.06 bits per heavy atom. The van der Waals surface area contributed by atoms with E-state index in [0.29, 0.717) is 13.2 Å². The third-order valence-electron chi connectivity index (χ3n) is 1.71. The van der Waals surface area contributed by atoms with Gasteiger partial charge >= 0.3 is 11.9 Å². The summed E-state index contributed by atoms with van der Waals surface area (Å²) in [6, 6.07) is 0. The van der Waals surface area contributed by atoms with Crippen molar-refractivity contribution in [1.29, 1.82) is 0 Å². The number of ether oxygens (including phenoxy) is 2. The predicted molar refractivity (Wildman–Crippen MR) is 67.6 cm³/mol. The molecule has 17 heavy (non-hydrogen) atoms. The number of esters is 2. The number of rotatable bonds is 7. The van der Waals surface area contributed by atoms with Crippen LogP contribution in [-0.2, 0) is 19.1 Å². The maximum absolute atomic E-state index is 10.3. The van der Waals surface area contributed by atoms with Crippen LogP contribution in [0.5, 0.6) is 0 Å². The number of carbonyl (C=O) groups excluding carboxylic acids is 2. The zero-order chi connectivity index (χ0) is 13.5. The van der Waals surface area contributed by atoms with E-state index in [1.54, 1.807) is 0 Å².